The van der Waals surface area contributed by atoms with Crippen molar-refractivity contribution in [3.63, 3.8) is 0 Å². The van der Waals surface area contributed by atoms with Gasteiger partial charge in [-0.3, -0.25) is 18.7 Å². The van der Waals surface area contributed by atoms with Crippen LogP contribution in [0.25, 0.3) is 0 Å². The summed E-state index contributed by atoms with van der Waals surface area (Å²) in [6, 6.07) is 15.8. The fraction of sp³-hybridized carbons (Fsp3) is 0.190. The Balaban J connectivity index is 1.79. The van der Waals surface area contributed by atoms with Crippen LogP contribution in [0.15, 0.2) is 70.4 Å². The van der Waals surface area contributed by atoms with E-state index in [1.165, 1.54) is 16.8 Å². The molecule has 0 unspecified atom stereocenters. The molecule has 0 bridgehead atoms. The number of aromatic nitrogens is 2. The van der Waals surface area contributed by atoms with Crippen molar-refractivity contribution in [1.29, 1.82) is 0 Å². The molecule has 0 aliphatic rings. The molecule has 0 fully saturated rings. The minimum absolute atomic E-state index is 0.207. The van der Waals surface area contributed by atoms with Crippen LogP contribution < -0.4 is 16.6 Å². The first-order valence-electron chi connectivity index (χ1n) is 8.90. The summed E-state index contributed by atoms with van der Waals surface area (Å²) in [6.07, 6.45) is 2.31. The monoisotopic (exact) mass is 397 g/mol. The van der Waals surface area contributed by atoms with E-state index in [4.69, 9.17) is 11.6 Å². The Bertz CT molecular complexity index is 1100. The topological polar surface area (TPSA) is 73.1 Å². The van der Waals surface area contributed by atoms with Crippen LogP contribution in [0, 0.1) is 0 Å². The average molecular weight is 398 g/mol. The van der Waals surface area contributed by atoms with Gasteiger partial charge < -0.3 is 5.32 Å². The second-order valence-corrected chi connectivity index (χ2v) is 6.75. The second kappa shape index (κ2) is 8.71. The molecule has 1 amide bonds. The van der Waals surface area contributed by atoms with Gasteiger partial charge in [-0.15, -0.1) is 0 Å². The van der Waals surface area contributed by atoms with Gasteiger partial charge in [0.25, 0.3) is 5.56 Å². The molecular formula is C21H20ClN3O3. The summed E-state index contributed by atoms with van der Waals surface area (Å²) in [5.74, 6) is -0.445. The van der Waals surface area contributed by atoms with Crippen molar-refractivity contribution in [2.24, 2.45) is 0 Å². The molecule has 3 aromatic rings. The third-order valence-corrected chi connectivity index (χ3v) is 4.75. The van der Waals surface area contributed by atoms with E-state index in [-0.39, 0.29) is 13.1 Å². The van der Waals surface area contributed by atoms with Gasteiger partial charge in [0.15, 0.2) is 0 Å². The molecule has 3 rings (SSSR count). The Hall–Kier alpha value is -3.12. The van der Waals surface area contributed by atoms with Crippen LogP contribution >= 0.6 is 11.6 Å². The zero-order chi connectivity index (χ0) is 20.1. The summed E-state index contributed by atoms with van der Waals surface area (Å²) in [5, 5.41) is 3.23. The van der Waals surface area contributed by atoms with Crippen molar-refractivity contribution in [2.45, 2.75) is 26.4 Å². The Kier molecular flexibility index (Phi) is 6.11. The highest BCUT2D eigenvalue weighted by Gasteiger charge is 2.11. The molecule has 0 saturated carbocycles. The molecule has 0 aliphatic carbocycles. The van der Waals surface area contributed by atoms with Crippen LogP contribution in [-0.4, -0.2) is 15.0 Å². The van der Waals surface area contributed by atoms with Crippen molar-refractivity contribution < 1.29 is 4.79 Å². The van der Waals surface area contributed by atoms with E-state index in [0.29, 0.717) is 10.7 Å². The van der Waals surface area contributed by atoms with Gasteiger partial charge in [0.1, 0.15) is 6.54 Å². The molecule has 0 atom stereocenters. The van der Waals surface area contributed by atoms with E-state index in [2.05, 4.69) is 5.32 Å². The number of rotatable bonds is 6. The van der Waals surface area contributed by atoms with Gasteiger partial charge >= 0.3 is 5.69 Å². The fourth-order valence-electron chi connectivity index (χ4n) is 2.80. The van der Waals surface area contributed by atoms with Crippen LogP contribution in [0.2, 0.25) is 5.02 Å². The maximum atomic E-state index is 12.7. The summed E-state index contributed by atoms with van der Waals surface area (Å²) in [4.78, 5) is 37.1. The molecule has 144 valence electrons. The predicted octanol–water partition coefficient (Wildman–Crippen LogP) is 2.91. The van der Waals surface area contributed by atoms with Gasteiger partial charge in [-0.1, -0.05) is 48.9 Å². The Morgan fingerprint density at radius 2 is 1.75 bits per heavy atom. The highest BCUT2D eigenvalue weighted by molar-refractivity contribution is 6.31. The summed E-state index contributed by atoms with van der Waals surface area (Å²) in [7, 11) is 0. The molecule has 0 spiro atoms. The lowest BCUT2D eigenvalue weighted by atomic mass is 10.1. The molecule has 6 nitrogen and oxygen atoms in total. The number of benzene rings is 2. The number of anilines is 1. The summed E-state index contributed by atoms with van der Waals surface area (Å²) in [6.45, 7) is 1.89. The molecule has 1 aromatic heterocycles. The number of carbonyl (C=O) groups is 1. The average Bonchev–Trinajstić information content (AvgIpc) is 2.69. The first kappa shape index (κ1) is 19.6. The van der Waals surface area contributed by atoms with Crippen molar-refractivity contribution in [1.82, 2.24) is 9.13 Å². The molecule has 28 heavy (non-hydrogen) atoms. The lowest BCUT2D eigenvalue weighted by Crippen LogP contribution is -2.41. The standard InChI is InChI=1S/C21H20ClN3O3/c1-2-15-7-9-17(10-8-15)23-19(26)14-25-20(27)11-12-24(21(25)28)13-16-5-3-4-6-18(16)22/h3-12H,2,13-14H2,1H3,(H,23,26). The molecule has 0 saturated heterocycles. The van der Waals surface area contributed by atoms with Crippen LogP contribution in [0.1, 0.15) is 18.1 Å². The zero-order valence-electron chi connectivity index (χ0n) is 15.4. The van der Waals surface area contributed by atoms with Gasteiger partial charge in [0.05, 0.1) is 6.54 Å². The normalized spacial score (nSPS) is 10.6. The van der Waals surface area contributed by atoms with Crippen molar-refractivity contribution in [3.8, 4) is 0 Å². The molecular weight excluding hydrogens is 378 g/mol. The number of hydrogen-bond acceptors (Lipinski definition) is 3. The third kappa shape index (κ3) is 4.58. The Morgan fingerprint density at radius 1 is 1.04 bits per heavy atom. The van der Waals surface area contributed by atoms with E-state index in [1.54, 1.807) is 30.3 Å². The fourth-order valence-corrected chi connectivity index (χ4v) is 3.00. The van der Waals surface area contributed by atoms with Gasteiger partial charge in [-0.25, -0.2) is 4.79 Å². The Morgan fingerprint density at radius 3 is 2.43 bits per heavy atom. The Labute approximate surface area is 167 Å². The van der Waals surface area contributed by atoms with Gasteiger partial charge in [0, 0.05) is 23.0 Å². The molecule has 0 aliphatic heterocycles. The first-order valence-corrected chi connectivity index (χ1v) is 9.28. The molecule has 1 N–H and O–H groups in total. The first-order chi connectivity index (χ1) is 13.5. The molecule has 1 heterocycles. The number of halogens is 1. The molecule has 7 heteroatoms. The SMILES string of the molecule is CCc1ccc(NC(=O)Cn2c(=O)ccn(Cc3ccccc3Cl)c2=O)cc1. The van der Waals surface area contributed by atoms with Crippen LogP contribution in [-0.2, 0) is 24.3 Å². The summed E-state index contributed by atoms with van der Waals surface area (Å²) >= 11 is 6.15. The highest BCUT2D eigenvalue weighted by atomic mass is 35.5. The van der Waals surface area contributed by atoms with Gasteiger partial charge in [-0.05, 0) is 35.7 Å². The van der Waals surface area contributed by atoms with Crippen molar-refractivity contribution >= 4 is 23.2 Å². The maximum Gasteiger partial charge on any atom is 0.331 e. The number of nitrogens with one attached hydrogen (secondary N) is 1. The molecule has 2 aromatic carbocycles. The van der Waals surface area contributed by atoms with E-state index in [9.17, 15) is 14.4 Å². The van der Waals surface area contributed by atoms with Crippen LogP contribution in [0.3, 0.4) is 0 Å². The van der Waals surface area contributed by atoms with Crippen molar-refractivity contribution in [2.75, 3.05) is 5.32 Å². The van der Waals surface area contributed by atoms with Crippen molar-refractivity contribution in [3.05, 3.63) is 97.8 Å². The van der Waals surface area contributed by atoms with E-state index < -0.39 is 17.2 Å². The lowest BCUT2D eigenvalue weighted by Gasteiger charge is -2.11. The summed E-state index contributed by atoms with van der Waals surface area (Å²) < 4.78 is 2.26. The number of nitrogens with zero attached hydrogens (tertiary/aromatic N) is 2. The van der Waals surface area contributed by atoms with Crippen LogP contribution in [0.4, 0.5) is 5.69 Å². The second-order valence-electron chi connectivity index (χ2n) is 6.34. The van der Waals surface area contributed by atoms with Crippen LogP contribution in [0.5, 0.6) is 0 Å². The highest BCUT2D eigenvalue weighted by Crippen LogP contribution is 2.15. The van der Waals surface area contributed by atoms with Gasteiger partial charge in [0.2, 0.25) is 5.91 Å². The van der Waals surface area contributed by atoms with Gasteiger partial charge in [-0.2, -0.15) is 0 Å². The number of carbonyl (C=O) groups excluding carboxylic acids is 1. The minimum Gasteiger partial charge on any atom is -0.325 e. The predicted molar refractivity (Wildman–Crippen MR) is 110 cm³/mol. The van der Waals surface area contributed by atoms with E-state index in [0.717, 1.165) is 22.1 Å². The zero-order valence-corrected chi connectivity index (χ0v) is 16.1. The molecule has 0 radical (unpaired) electrons. The lowest BCUT2D eigenvalue weighted by molar-refractivity contribution is -0.116. The van der Waals surface area contributed by atoms with E-state index in [1.807, 2.05) is 25.1 Å². The maximum absolute atomic E-state index is 12.7. The minimum atomic E-state index is -0.566. The number of amides is 1. The number of aryl methyl sites for hydroxylation is 1. The quantitative estimate of drug-likeness (QED) is 0.695. The summed E-state index contributed by atoms with van der Waals surface area (Å²) in [5.41, 5.74) is 1.42. The third-order valence-electron chi connectivity index (χ3n) is 4.39. The number of hydrogen-bond donors (Lipinski definition) is 1. The smallest absolute Gasteiger partial charge is 0.325 e. The largest absolute Gasteiger partial charge is 0.331 e. The van der Waals surface area contributed by atoms with E-state index >= 15 is 0 Å².